The molecule has 0 aliphatic carbocycles. The van der Waals surface area contributed by atoms with Crippen molar-refractivity contribution in [2.75, 3.05) is 0 Å². The summed E-state index contributed by atoms with van der Waals surface area (Å²) in [6.45, 7) is 1.49. The normalized spacial score (nSPS) is 13.4. The van der Waals surface area contributed by atoms with Crippen LogP contribution in [0.5, 0.6) is 5.75 Å². The molecule has 2 nitrogen and oxygen atoms in total. The monoisotopic (exact) mass is 193 g/mol. The van der Waals surface area contributed by atoms with Crippen LogP contribution in [0.2, 0.25) is 0 Å². The first-order valence-corrected chi connectivity index (χ1v) is 4.52. The van der Waals surface area contributed by atoms with E-state index in [9.17, 15) is 9.50 Å². The zero-order valence-electron chi connectivity index (χ0n) is 8.16. The Labute approximate surface area is 81.6 Å². The van der Waals surface area contributed by atoms with Gasteiger partial charge in [0.1, 0.15) is 11.9 Å². The predicted molar refractivity (Wildman–Crippen MR) is 54.1 cm³/mol. The van der Waals surface area contributed by atoms with Crippen molar-refractivity contribution in [3.8, 4) is 5.75 Å². The van der Waals surface area contributed by atoms with E-state index in [1.807, 2.05) is 6.07 Å². The van der Waals surface area contributed by atoms with E-state index in [0.717, 1.165) is 5.52 Å². The minimum Gasteiger partial charge on any atom is -0.507 e. The molecule has 1 N–H and O–H groups in total. The molecule has 0 radical (unpaired) electrons. The predicted octanol–water partition coefficient (Wildman–Crippen LogP) is 2.91. The van der Waals surface area contributed by atoms with Crippen LogP contribution in [0.1, 0.15) is 18.8 Å². The van der Waals surface area contributed by atoms with Crippen LogP contribution in [-0.4, -0.2) is 9.67 Å². The Morgan fingerprint density at radius 2 is 2.14 bits per heavy atom. The van der Waals surface area contributed by atoms with Gasteiger partial charge < -0.3 is 9.67 Å². The number of nitrogens with zero attached hydrogens (tertiary/aromatic N) is 1. The number of aryl methyl sites for hydroxylation is 1. The fourth-order valence-corrected chi connectivity index (χ4v) is 1.75. The first-order valence-electron chi connectivity index (χ1n) is 4.52. The topological polar surface area (TPSA) is 25.2 Å². The minimum absolute atomic E-state index is 0.199. The molecule has 0 aliphatic rings. The number of fused-ring (bicyclic) bond motifs is 1. The third kappa shape index (κ3) is 1.16. The number of aromatic nitrogens is 1. The molecule has 2 aromatic rings. The summed E-state index contributed by atoms with van der Waals surface area (Å²) in [6.07, 6.45) is -1.02. The number of phenols is 1. The SMILES string of the molecule is CC(F)c1cc2c(O)cccc2n1C. The summed E-state index contributed by atoms with van der Waals surface area (Å²) in [7, 11) is 1.80. The molecule has 1 unspecified atom stereocenters. The third-order valence-corrected chi connectivity index (χ3v) is 2.51. The highest BCUT2D eigenvalue weighted by Gasteiger charge is 2.12. The van der Waals surface area contributed by atoms with E-state index in [1.165, 1.54) is 6.92 Å². The highest BCUT2D eigenvalue weighted by Crippen LogP contribution is 2.30. The Kier molecular flexibility index (Phi) is 1.95. The number of alkyl halides is 1. The first-order chi connectivity index (χ1) is 6.61. The van der Waals surface area contributed by atoms with E-state index in [2.05, 4.69) is 0 Å². The van der Waals surface area contributed by atoms with Gasteiger partial charge in [-0.25, -0.2) is 4.39 Å². The maximum atomic E-state index is 13.2. The maximum absolute atomic E-state index is 13.2. The van der Waals surface area contributed by atoms with E-state index in [1.54, 1.807) is 29.8 Å². The first kappa shape index (κ1) is 9.06. The van der Waals surface area contributed by atoms with Crippen molar-refractivity contribution < 1.29 is 9.50 Å². The lowest BCUT2D eigenvalue weighted by molar-refractivity contribution is 0.359. The van der Waals surface area contributed by atoms with Gasteiger partial charge in [-0.15, -0.1) is 0 Å². The number of benzene rings is 1. The third-order valence-electron chi connectivity index (χ3n) is 2.51. The van der Waals surface area contributed by atoms with Gasteiger partial charge in [-0.1, -0.05) is 6.07 Å². The van der Waals surface area contributed by atoms with Crippen molar-refractivity contribution in [2.24, 2.45) is 7.05 Å². The number of phenolic OH excluding ortho intramolecular Hbond substituents is 1. The number of halogens is 1. The highest BCUT2D eigenvalue weighted by atomic mass is 19.1. The smallest absolute Gasteiger partial charge is 0.137 e. The highest BCUT2D eigenvalue weighted by molar-refractivity contribution is 5.87. The van der Waals surface area contributed by atoms with Gasteiger partial charge in [-0.3, -0.25) is 0 Å². The zero-order chi connectivity index (χ0) is 10.3. The maximum Gasteiger partial charge on any atom is 0.137 e. The Hall–Kier alpha value is -1.51. The van der Waals surface area contributed by atoms with Gasteiger partial charge >= 0.3 is 0 Å². The molecule has 1 aromatic carbocycles. The lowest BCUT2D eigenvalue weighted by Gasteiger charge is -2.03. The van der Waals surface area contributed by atoms with Crippen LogP contribution in [0.25, 0.3) is 10.9 Å². The van der Waals surface area contributed by atoms with Crippen molar-refractivity contribution >= 4 is 10.9 Å². The molecule has 0 saturated carbocycles. The van der Waals surface area contributed by atoms with Crippen molar-refractivity contribution in [3.05, 3.63) is 30.0 Å². The van der Waals surface area contributed by atoms with Gasteiger partial charge in [0.25, 0.3) is 0 Å². The van der Waals surface area contributed by atoms with Crippen LogP contribution in [0.4, 0.5) is 4.39 Å². The van der Waals surface area contributed by atoms with Crippen LogP contribution in [-0.2, 0) is 7.05 Å². The number of hydrogen-bond acceptors (Lipinski definition) is 1. The molecule has 1 atom stereocenters. The molecule has 0 fully saturated rings. The Bertz CT molecular complexity index is 473. The van der Waals surface area contributed by atoms with Crippen LogP contribution in [0.15, 0.2) is 24.3 Å². The molecule has 0 amide bonds. The zero-order valence-corrected chi connectivity index (χ0v) is 8.16. The second-order valence-corrected chi connectivity index (χ2v) is 3.45. The van der Waals surface area contributed by atoms with Crippen LogP contribution < -0.4 is 0 Å². The van der Waals surface area contributed by atoms with Gasteiger partial charge in [-0.2, -0.15) is 0 Å². The number of aromatic hydroxyl groups is 1. The van der Waals surface area contributed by atoms with E-state index < -0.39 is 6.17 Å². The molecule has 3 heteroatoms. The summed E-state index contributed by atoms with van der Waals surface area (Å²) in [4.78, 5) is 0. The largest absolute Gasteiger partial charge is 0.507 e. The van der Waals surface area contributed by atoms with E-state index in [-0.39, 0.29) is 5.75 Å². The van der Waals surface area contributed by atoms with Crippen LogP contribution in [0, 0.1) is 0 Å². The summed E-state index contributed by atoms with van der Waals surface area (Å²) in [5.74, 6) is 0.199. The van der Waals surface area contributed by atoms with Gasteiger partial charge in [0, 0.05) is 12.4 Å². The molecule has 2 rings (SSSR count). The fourth-order valence-electron chi connectivity index (χ4n) is 1.75. The Morgan fingerprint density at radius 1 is 1.43 bits per heavy atom. The summed E-state index contributed by atoms with van der Waals surface area (Å²) >= 11 is 0. The van der Waals surface area contributed by atoms with Gasteiger partial charge in [0.15, 0.2) is 0 Å². The minimum atomic E-state index is -1.02. The molecule has 1 aromatic heterocycles. The Balaban J connectivity index is 2.80. The molecule has 14 heavy (non-hydrogen) atoms. The lowest BCUT2D eigenvalue weighted by Crippen LogP contribution is -1.96. The fraction of sp³-hybridized carbons (Fsp3) is 0.273. The summed E-state index contributed by atoms with van der Waals surface area (Å²) in [5.41, 5.74) is 1.44. The van der Waals surface area contributed by atoms with Gasteiger partial charge in [0.2, 0.25) is 0 Å². The number of hydrogen-bond donors (Lipinski definition) is 1. The van der Waals surface area contributed by atoms with E-state index in [4.69, 9.17) is 0 Å². The average Bonchev–Trinajstić information content (AvgIpc) is 2.46. The summed E-state index contributed by atoms with van der Waals surface area (Å²) in [5, 5.41) is 10.3. The van der Waals surface area contributed by atoms with Crippen molar-refractivity contribution in [1.29, 1.82) is 0 Å². The van der Waals surface area contributed by atoms with E-state index >= 15 is 0 Å². The van der Waals surface area contributed by atoms with Crippen molar-refractivity contribution in [3.63, 3.8) is 0 Å². The number of rotatable bonds is 1. The molecule has 0 spiro atoms. The second kappa shape index (κ2) is 3.01. The molecule has 74 valence electrons. The Morgan fingerprint density at radius 3 is 2.71 bits per heavy atom. The summed E-state index contributed by atoms with van der Waals surface area (Å²) < 4.78 is 14.9. The van der Waals surface area contributed by atoms with Gasteiger partial charge in [0.05, 0.1) is 11.2 Å². The molecule has 0 saturated heterocycles. The van der Waals surface area contributed by atoms with Crippen LogP contribution >= 0.6 is 0 Å². The summed E-state index contributed by atoms with van der Waals surface area (Å²) in [6, 6.07) is 6.91. The van der Waals surface area contributed by atoms with Crippen LogP contribution in [0.3, 0.4) is 0 Å². The molecule has 1 heterocycles. The second-order valence-electron chi connectivity index (χ2n) is 3.45. The van der Waals surface area contributed by atoms with Gasteiger partial charge in [-0.05, 0) is 25.1 Å². The van der Waals surface area contributed by atoms with Crippen molar-refractivity contribution in [1.82, 2.24) is 4.57 Å². The molecule has 0 bridgehead atoms. The molecular formula is C11H12FNO. The quantitative estimate of drug-likeness (QED) is 0.740. The lowest BCUT2D eigenvalue weighted by atomic mass is 10.2. The van der Waals surface area contributed by atoms with E-state index in [0.29, 0.717) is 11.1 Å². The average molecular weight is 193 g/mol. The van der Waals surface area contributed by atoms with Crippen molar-refractivity contribution in [2.45, 2.75) is 13.1 Å². The standard InChI is InChI=1S/C11H12FNO/c1-7(12)10-6-8-9(13(10)2)4-3-5-11(8)14/h3-7,14H,1-2H3. The molecular weight excluding hydrogens is 181 g/mol. The molecule has 0 aliphatic heterocycles.